The summed E-state index contributed by atoms with van der Waals surface area (Å²) in [4.78, 5) is 0. The maximum absolute atomic E-state index is 7.18. The molecular weight excluding hydrogens is 302 g/mol. The van der Waals surface area contributed by atoms with Gasteiger partial charge in [0.2, 0.25) is 0 Å². The van der Waals surface area contributed by atoms with Crippen LogP contribution in [-0.2, 0) is 0 Å². The number of rotatable bonds is 0. The van der Waals surface area contributed by atoms with Crippen LogP contribution in [0.1, 0.15) is 0 Å². The molecule has 0 atom stereocenters. The summed E-state index contributed by atoms with van der Waals surface area (Å²) in [5.74, 6) is -0.333. The second-order valence-electron chi connectivity index (χ2n) is 0.555. The molecule has 5 N–H and O–H groups in total. The fourth-order valence-electron chi connectivity index (χ4n) is 0. The molecule has 0 aliphatic carbocycles. The molecule has 0 amide bonds. The predicted octanol–water partition coefficient (Wildman–Crippen LogP) is -6.45. The Labute approximate surface area is 127 Å². The average molecular weight is 310 g/mol. The number of hydrogen-bond donors (Lipinski definition) is 4. The zero-order chi connectivity index (χ0) is 6.28. The van der Waals surface area contributed by atoms with Crippen molar-refractivity contribution in [2.24, 2.45) is 11.5 Å². The molecule has 9 heteroatoms. The van der Waals surface area contributed by atoms with Crippen LogP contribution in [0.25, 0.3) is 0 Å². The molecule has 0 unspecified atom stereocenters. The van der Waals surface area contributed by atoms with Crippen molar-refractivity contribution < 1.29 is 83.0 Å². The molecule has 0 heterocycles. The van der Waals surface area contributed by atoms with Crippen molar-refractivity contribution >= 4 is 18.6 Å². The SMILES string of the molecule is F.F.N#CS.N=C(N)N.[Cs+].[F-]. The van der Waals surface area contributed by atoms with E-state index in [1.165, 1.54) is 5.40 Å². The van der Waals surface area contributed by atoms with Crippen LogP contribution < -0.4 is 85.1 Å². The van der Waals surface area contributed by atoms with Gasteiger partial charge in [0.25, 0.3) is 0 Å². The van der Waals surface area contributed by atoms with E-state index in [0.717, 1.165) is 0 Å². The normalized spacial score (nSPS) is 2.91. The fraction of sp³-hybridized carbons (Fsp3) is 0. The summed E-state index contributed by atoms with van der Waals surface area (Å²) >= 11 is 3.09. The van der Waals surface area contributed by atoms with Crippen molar-refractivity contribution in [3.63, 3.8) is 0 Å². The second-order valence-corrected chi connectivity index (χ2v) is 0.755. The Balaban J connectivity index is -0.00000000848. The first-order valence-electron chi connectivity index (χ1n) is 1.27. The van der Waals surface area contributed by atoms with E-state index in [-0.39, 0.29) is 89.0 Å². The topological polar surface area (TPSA) is 99.7 Å². The van der Waals surface area contributed by atoms with Gasteiger partial charge in [-0.1, -0.05) is 12.6 Å². The first kappa shape index (κ1) is 40.5. The summed E-state index contributed by atoms with van der Waals surface area (Å²) in [5.41, 5.74) is 8.94. The van der Waals surface area contributed by atoms with Crippen molar-refractivity contribution in [2.75, 3.05) is 0 Å². The number of thiol groups is 1. The van der Waals surface area contributed by atoms with Gasteiger partial charge in [0.15, 0.2) is 5.96 Å². The zero-order valence-corrected chi connectivity index (χ0v) is 12.9. The Morgan fingerprint density at radius 1 is 1.36 bits per heavy atom. The number of halogens is 3. The molecule has 0 aromatic rings. The summed E-state index contributed by atoms with van der Waals surface area (Å²) in [6.45, 7) is 0. The summed E-state index contributed by atoms with van der Waals surface area (Å²) in [7, 11) is 0. The van der Waals surface area contributed by atoms with Gasteiger partial charge < -0.3 is 16.2 Å². The minimum atomic E-state index is -0.333. The van der Waals surface area contributed by atoms with Crippen LogP contribution in [0.4, 0.5) is 9.41 Å². The standard InChI is InChI=1S/CH5N3.CHNS.Cs.3FH/c2-1(3)4;2-1-3;;;;/h(H5,2,3,4);3H;;3*1H/q;;+1;;;/p-1. The molecule has 64 valence electrons. The molecule has 0 radical (unpaired) electrons. The molecule has 11 heavy (non-hydrogen) atoms. The van der Waals surface area contributed by atoms with Gasteiger partial charge in [0, 0.05) is 0 Å². The largest absolute Gasteiger partial charge is 1.00 e. The number of nitrogens with zero attached hydrogens (tertiary/aromatic N) is 1. The van der Waals surface area contributed by atoms with Gasteiger partial charge in [-0.05, 0) is 0 Å². The minimum absolute atomic E-state index is 0. The number of hydrogen-bond acceptors (Lipinski definition) is 3. The number of thiocyanates is 1. The molecule has 0 aromatic carbocycles. The Morgan fingerprint density at radius 3 is 1.36 bits per heavy atom. The molecule has 0 saturated heterocycles. The van der Waals surface area contributed by atoms with Crippen molar-refractivity contribution in [1.29, 1.82) is 10.7 Å². The van der Waals surface area contributed by atoms with Gasteiger partial charge in [-0.15, -0.1) is 0 Å². The summed E-state index contributed by atoms with van der Waals surface area (Å²) < 4.78 is 0. The first-order valence-corrected chi connectivity index (χ1v) is 1.72. The van der Waals surface area contributed by atoms with Crippen molar-refractivity contribution in [1.82, 2.24) is 0 Å². The first-order chi connectivity index (χ1) is 3.15. The monoisotopic (exact) mass is 310 g/mol. The van der Waals surface area contributed by atoms with Gasteiger partial charge in [0.05, 0.1) is 0 Å². The second kappa shape index (κ2) is 44.2. The molecule has 0 saturated carbocycles. The Kier molecular flexibility index (Phi) is 163. The molecule has 0 aliphatic rings. The van der Waals surface area contributed by atoms with E-state index in [4.69, 9.17) is 10.7 Å². The van der Waals surface area contributed by atoms with Crippen LogP contribution >= 0.6 is 12.6 Å². The summed E-state index contributed by atoms with van der Waals surface area (Å²) in [6, 6.07) is 0. The minimum Gasteiger partial charge on any atom is -1.00 e. The van der Waals surface area contributed by atoms with E-state index in [2.05, 4.69) is 24.1 Å². The van der Waals surface area contributed by atoms with E-state index in [1.807, 2.05) is 0 Å². The molecule has 0 fully saturated rings. The van der Waals surface area contributed by atoms with E-state index in [0.29, 0.717) is 0 Å². The Hall–Kier alpha value is 0.952. The summed E-state index contributed by atoms with van der Waals surface area (Å²) in [5, 5.41) is 14.7. The third kappa shape index (κ3) is 969. The molecule has 0 rings (SSSR count). The third-order valence-corrected chi connectivity index (χ3v) is 0. The van der Waals surface area contributed by atoms with Crippen LogP contribution in [0.3, 0.4) is 0 Å². The van der Waals surface area contributed by atoms with Gasteiger partial charge in [-0.25, -0.2) is 0 Å². The third-order valence-electron chi connectivity index (χ3n) is 0. The molecule has 0 spiro atoms. The smallest absolute Gasteiger partial charge is 1.00 e. The molecule has 0 aromatic heterocycles. The number of nitrogens with two attached hydrogens (primary N) is 2. The van der Waals surface area contributed by atoms with Crippen LogP contribution in [0.2, 0.25) is 0 Å². The Morgan fingerprint density at radius 2 is 1.36 bits per heavy atom. The van der Waals surface area contributed by atoms with Gasteiger partial charge in [0.1, 0.15) is 5.40 Å². The molecule has 0 aliphatic heterocycles. The van der Waals surface area contributed by atoms with Crippen LogP contribution in [0.15, 0.2) is 0 Å². The van der Waals surface area contributed by atoms with Crippen molar-refractivity contribution in [2.45, 2.75) is 0 Å². The van der Waals surface area contributed by atoms with Crippen molar-refractivity contribution in [3.8, 4) is 5.40 Å². The van der Waals surface area contributed by atoms with Crippen molar-refractivity contribution in [3.05, 3.63) is 0 Å². The van der Waals surface area contributed by atoms with E-state index < -0.39 is 0 Å². The van der Waals surface area contributed by atoms with Gasteiger partial charge in [-0.3, -0.25) is 14.8 Å². The van der Waals surface area contributed by atoms with E-state index >= 15 is 0 Å². The van der Waals surface area contributed by atoms with Crippen LogP contribution in [0, 0.1) is 16.1 Å². The van der Waals surface area contributed by atoms with Gasteiger partial charge >= 0.3 is 68.9 Å². The average Bonchev–Trinajstić information content (AvgIpc) is 1.33. The number of nitrogens with one attached hydrogen (secondary N) is 1. The predicted molar refractivity (Wildman–Crippen MR) is 35.7 cm³/mol. The fourth-order valence-corrected chi connectivity index (χ4v) is 0. The summed E-state index contributed by atoms with van der Waals surface area (Å²) in [6.07, 6.45) is 0. The maximum Gasteiger partial charge on any atom is 1.00 e. The quantitative estimate of drug-likeness (QED) is 0.155. The zero-order valence-electron chi connectivity index (χ0n) is 5.74. The molecule has 4 nitrogen and oxygen atoms in total. The maximum atomic E-state index is 7.18. The van der Waals surface area contributed by atoms with E-state index in [9.17, 15) is 0 Å². The molecular formula is C2H8CsF3N4S. The number of nitriles is 1. The van der Waals surface area contributed by atoms with Gasteiger partial charge in [-0.2, -0.15) is 5.26 Å². The Bertz CT molecular complexity index is 91.8. The van der Waals surface area contributed by atoms with Crippen LogP contribution in [-0.4, -0.2) is 5.96 Å². The number of guanidine groups is 1. The van der Waals surface area contributed by atoms with Crippen LogP contribution in [0.5, 0.6) is 0 Å². The molecule has 0 bridgehead atoms. The van der Waals surface area contributed by atoms with E-state index in [1.54, 1.807) is 0 Å².